The molecule has 1 N–H and O–H groups in total. The number of nitrogens with zero attached hydrogens (tertiary/aromatic N) is 5. The second-order valence-corrected chi connectivity index (χ2v) is 11.6. The molecule has 1 aromatic heterocycles. The van der Waals surface area contributed by atoms with Crippen molar-refractivity contribution >= 4 is 21.9 Å². The minimum Gasteiger partial charge on any atom is -0.569 e. The topological polar surface area (TPSA) is 158 Å². The van der Waals surface area contributed by atoms with E-state index in [9.17, 15) is 36.4 Å². The standard InChI is InChI=1S/C27H29F3N6O7S/c1-4-25(37)42-18(3)43-33-36(39)34-14-13-20(16-34)26(38)32-44(40,41)22-11-9-21(10-12-22)35-23(15-24(31-35)27(28,29)30)19-7-5-17(2)6-8-19/h5-12,15,18,20H,4,13-14,16H2,1-3H3,(H,32,38). The summed E-state index contributed by atoms with van der Waals surface area (Å²) in [5.74, 6) is -2.30. The van der Waals surface area contributed by atoms with Gasteiger partial charge in [0.15, 0.2) is 5.69 Å². The molecular formula is C27H29F3N6O7S. The number of halogens is 3. The van der Waals surface area contributed by atoms with Gasteiger partial charge < -0.3 is 9.94 Å². The van der Waals surface area contributed by atoms with E-state index >= 15 is 0 Å². The van der Waals surface area contributed by atoms with Gasteiger partial charge in [-0.3, -0.25) is 14.4 Å². The molecule has 3 aromatic rings. The number of esters is 1. The van der Waals surface area contributed by atoms with E-state index in [4.69, 9.17) is 9.57 Å². The van der Waals surface area contributed by atoms with Crippen LogP contribution in [-0.2, 0) is 35.4 Å². The second kappa shape index (κ2) is 12.9. The van der Waals surface area contributed by atoms with Gasteiger partial charge >= 0.3 is 12.1 Å². The number of sulfonamides is 1. The van der Waals surface area contributed by atoms with Crippen LogP contribution in [0.2, 0.25) is 0 Å². The van der Waals surface area contributed by atoms with Crippen molar-refractivity contribution in [2.24, 2.45) is 11.2 Å². The molecule has 17 heteroatoms. The van der Waals surface area contributed by atoms with Gasteiger partial charge in [-0.2, -0.15) is 18.3 Å². The number of hydrogen-bond acceptors (Lipinski definition) is 9. The molecule has 0 radical (unpaired) electrons. The minimum absolute atomic E-state index is 0.0689. The number of nitrogens with one attached hydrogen (secondary N) is 1. The number of aryl methyl sites for hydroxylation is 1. The third-order valence-corrected chi connectivity index (χ3v) is 7.97. The Morgan fingerprint density at radius 3 is 2.45 bits per heavy atom. The number of ether oxygens (including phenoxy) is 1. The Kier molecular flexibility index (Phi) is 9.46. The van der Waals surface area contributed by atoms with Crippen molar-refractivity contribution in [1.29, 1.82) is 0 Å². The summed E-state index contributed by atoms with van der Waals surface area (Å²) < 4.78 is 74.2. The maximum atomic E-state index is 13.5. The van der Waals surface area contributed by atoms with E-state index in [1.807, 2.05) is 11.6 Å². The van der Waals surface area contributed by atoms with E-state index < -0.39 is 46.0 Å². The van der Waals surface area contributed by atoms with Crippen molar-refractivity contribution in [3.8, 4) is 16.9 Å². The van der Waals surface area contributed by atoms with E-state index in [1.54, 1.807) is 31.2 Å². The van der Waals surface area contributed by atoms with Gasteiger partial charge in [0.1, 0.15) is 0 Å². The van der Waals surface area contributed by atoms with Gasteiger partial charge in [-0.25, -0.2) is 17.8 Å². The maximum Gasteiger partial charge on any atom is 0.435 e. The van der Waals surface area contributed by atoms with Crippen LogP contribution >= 0.6 is 0 Å². The fourth-order valence-electron chi connectivity index (χ4n) is 4.25. The molecule has 2 atom stereocenters. The molecule has 2 unspecified atom stereocenters. The lowest BCUT2D eigenvalue weighted by Gasteiger charge is -2.14. The summed E-state index contributed by atoms with van der Waals surface area (Å²) >= 11 is 0. The van der Waals surface area contributed by atoms with Crippen molar-refractivity contribution in [1.82, 2.24) is 19.5 Å². The first-order chi connectivity index (χ1) is 20.7. The summed E-state index contributed by atoms with van der Waals surface area (Å²) in [6.45, 7) is 4.68. The summed E-state index contributed by atoms with van der Waals surface area (Å²) in [6.07, 6.45) is -5.59. The van der Waals surface area contributed by atoms with E-state index in [0.717, 1.165) is 33.5 Å². The molecule has 4 rings (SSSR count). The predicted octanol–water partition coefficient (Wildman–Crippen LogP) is 4.10. The third kappa shape index (κ3) is 7.64. The van der Waals surface area contributed by atoms with Crippen molar-refractivity contribution in [3.05, 3.63) is 71.1 Å². The molecule has 1 fully saturated rings. The van der Waals surface area contributed by atoms with Crippen molar-refractivity contribution in [3.63, 3.8) is 0 Å². The highest BCUT2D eigenvalue weighted by Crippen LogP contribution is 2.33. The van der Waals surface area contributed by atoms with Gasteiger partial charge in [0, 0.05) is 18.9 Å². The second-order valence-electron chi connectivity index (χ2n) is 9.90. The van der Waals surface area contributed by atoms with Crippen molar-refractivity contribution < 1.29 is 45.7 Å². The molecule has 0 spiro atoms. The first-order valence-electron chi connectivity index (χ1n) is 13.4. The van der Waals surface area contributed by atoms with Gasteiger partial charge in [-0.1, -0.05) is 36.8 Å². The van der Waals surface area contributed by atoms with Gasteiger partial charge in [0.2, 0.25) is 11.2 Å². The highest BCUT2D eigenvalue weighted by atomic mass is 32.2. The lowest BCUT2D eigenvalue weighted by atomic mass is 10.1. The number of amides is 1. The Balaban J connectivity index is 1.44. The molecule has 13 nitrogen and oxygen atoms in total. The minimum atomic E-state index is -4.71. The number of hydrazine groups is 1. The SMILES string of the molecule is CCC(=O)OC(C)ON=[N+]([O-])N1CCC(C(=O)NS(=O)(=O)c2ccc(-n3nc(C(F)(F)F)cc3-c3ccc(C)cc3)cc2)C1. The average molecular weight is 639 g/mol. The maximum absolute atomic E-state index is 13.5. The number of hydrogen-bond donors (Lipinski definition) is 1. The summed E-state index contributed by atoms with van der Waals surface area (Å²) in [7, 11) is -4.37. The number of aromatic nitrogens is 2. The molecule has 1 saturated heterocycles. The fraction of sp³-hybridized carbons (Fsp3) is 0.370. The van der Waals surface area contributed by atoms with Crippen LogP contribution in [0.4, 0.5) is 13.2 Å². The molecule has 0 bridgehead atoms. The zero-order valence-electron chi connectivity index (χ0n) is 23.8. The van der Waals surface area contributed by atoms with Crippen LogP contribution in [0.25, 0.3) is 16.9 Å². The molecule has 0 aliphatic carbocycles. The Morgan fingerprint density at radius 1 is 1.18 bits per heavy atom. The molecule has 236 valence electrons. The Bertz CT molecular complexity index is 1640. The zero-order chi connectivity index (χ0) is 32.2. The molecule has 44 heavy (non-hydrogen) atoms. The molecule has 2 heterocycles. The number of alkyl halides is 3. The summed E-state index contributed by atoms with van der Waals surface area (Å²) in [6, 6.07) is 12.5. The van der Waals surface area contributed by atoms with Crippen molar-refractivity contribution in [2.75, 3.05) is 13.1 Å². The highest BCUT2D eigenvalue weighted by molar-refractivity contribution is 7.90. The van der Waals surface area contributed by atoms with Crippen LogP contribution < -0.4 is 4.72 Å². The Hall–Kier alpha value is -4.67. The molecule has 1 aliphatic rings. The van der Waals surface area contributed by atoms with Crippen LogP contribution in [0.3, 0.4) is 0 Å². The van der Waals surface area contributed by atoms with Gasteiger partial charge in [-0.05, 0) is 43.7 Å². The van der Waals surface area contributed by atoms with Crippen LogP contribution in [0, 0.1) is 18.0 Å². The molecule has 2 aromatic carbocycles. The predicted molar refractivity (Wildman–Crippen MR) is 147 cm³/mol. The lowest BCUT2D eigenvalue weighted by molar-refractivity contribution is -0.709. The number of benzene rings is 2. The Morgan fingerprint density at radius 2 is 1.84 bits per heavy atom. The first-order valence-corrected chi connectivity index (χ1v) is 14.9. The lowest BCUT2D eigenvalue weighted by Crippen LogP contribution is -2.37. The van der Waals surface area contributed by atoms with Crippen LogP contribution in [0.1, 0.15) is 37.9 Å². The average Bonchev–Trinajstić information content (AvgIpc) is 3.65. The third-order valence-electron chi connectivity index (χ3n) is 6.60. The van der Waals surface area contributed by atoms with Crippen molar-refractivity contribution in [2.45, 2.75) is 51.0 Å². The first kappa shape index (κ1) is 32.2. The quantitative estimate of drug-likeness (QED) is 0.113. The summed E-state index contributed by atoms with van der Waals surface area (Å²) in [4.78, 5) is 28.6. The Labute approximate surface area is 250 Å². The van der Waals surface area contributed by atoms with E-state index in [-0.39, 0.29) is 47.2 Å². The highest BCUT2D eigenvalue weighted by Gasteiger charge is 2.36. The number of carbonyl (C=O) groups excluding carboxylic acids is 2. The molecule has 1 aliphatic heterocycles. The largest absolute Gasteiger partial charge is 0.569 e. The molecule has 1 amide bonds. The summed E-state index contributed by atoms with van der Waals surface area (Å²) in [5, 5.41) is 20.3. The summed E-state index contributed by atoms with van der Waals surface area (Å²) in [5.41, 5.74) is 0.571. The molecule has 0 saturated carbocycles. The van der Waals surface area contributed by atoms with Crippen LogP contribution in [-0.4, -0.2) is 59.4 Å². The van der Waals surface area contributed by atoms with E-state index in [0.29, 0.717) is 5.56 Å². The van der Waals surface area contributed by atoms with Crippen LogP contribution in [0.5, 0.6) is 0 Å². The van der Waals surface area contributed by atoms with E-state index in [2.05, 4.69) is 10.4 Å². The van der Waals surface area contributed by atoms with Gasteiger partial charge in [-0.15, -0.1) is 5.01 Å². The fourth-order valence-corrected chi connectivity index (χ4v) is 5.29. The monoisotopic (exact) mass is 638 g/mol. The zero-order valence-corrected chi connectivity index (χ0v) is 24.6. The molecular weight excluding hydrogens is 609 g/mol. The van der Waals surface area contributed by atoms with E-state index in [1.165, 1.54) is 19.1 Å². The number of carbonyl (C=O) groups is 2. The smallest absolute Gasteiger partial charge is 0.435 e. The number of rotatable bonds is 10. The normalized spacial score (nSPS) is 16.5. The van der Waals surface area contributed by atoms with Gasteiger partial charge in [0.25, 0.3) is 16.3 Å². The van der Waals surface area contributed by atoms with Gasteiger partial charge in [0.05, 0.1) is 40.3 Å². The van der Waals surface area contributed by atoms with Crippen LogP contribution in [0.15, 0.2) is 64.8 Å².